The highest BCUT2D eigenvalue weighted by Crippen LogP contribution is 2.68. The minimum Gasteiger partial charge on any atom is -0.393 e. The third-order valence-corrected chi connectivity index (χ3v) is 9.01. The Balaban J connectivity index is 1.76. The fourth-order valence-corrected chi connectivity index (χ4v) is 7.74. The number of methoxy groups -OCH3 is 1. The van der Waals surface area contributed by atoms with Crippen molar-refractivity contribution in [1.82, 2.24) is 0 Å². The Morgan fingerprint density at radius 2 is 2.07 bits per heavy atom. The number of allylic oxidation sites excluding steroid dienone is 1. The first-order chi connectivity index (χ1) is 14.1. The number of ketones is 2. The molecule has 0 aromatic heterocycles. The second-order valence-electron chi connectivity index (χ2n) is 10.2. The highest BCUT2D eigenvalue weighted by molar-refractivity contribution is 5.92. The minimum atomic E-state index is -1.25. The molecule has 2 unspecified atom stereocenters. The minimum absolute atomic E-state index is 0.0208. The topological polar surface area (TPSA) is 93.1 Å². The lowest BCUT2D eigenvalue weighted by atomic mass is 9.45. The van der Waals surface area contributed by atoms with Crippen LogP contribution >= 0.6 is 0 Å². The van der Waals surface area contributed by atoms with Gasteiger partial charge in [-0.05, 0) is 66.9 Å². The molecule has 0 aromatic rings. The summed E-state index contributed by atoms with van der Waals surface area (Å²) in [6.45, 7) is 3.20. The molecular formula is C23H33FO6. The molecule has 7 heteroatoms. The van der Waals surface area contributed by atoms with Crippen molar-refractivity contribution in [1.29, 1.82) is 0 Å². The summed E-state index contributed by atoms with van der Waals surface area (Å²) in [5.41, 5.74) is -2.00. The fraction of sp³-hybridized carbons (Fsp3) is 0.826. The van der Waals surface area contributed by atoms with Crippen LogP contribution in [0.3, 0.4) is 0 Å². The molecule has 30 heavy (non-hydrogen) atoms. The van der Waals surface area contributed by atoms with Gasteiger partial charge in [0.05, 0.1) is 6.10 Å². The van der Waals surface area contributed by atoms with Crippen molar-refractivity contribution in [2.75, 3.05) is 20.5 Å². The van der Waals surface area contributed by atoms with Crippen molar-refractivity contribution in [2.24, 2.45) is 28.6 Å². The molecule has 4 aliphatic rings. The maximum Gasteiger partial charge on any atom is 0.190 e. The third kappa shape index (κ3) is 2.81. The number of carbonyl (C=O) groups is 2. The number of fused-ring (bicyclic) bond motifs is 5. The Kier molecular flexibility index (Phi) is 5.49. The van der Waals surface area contributed by atoms with Crippen LogP contribution in [-0.2, 0) is 19.1 Å². The molecule has 3 saturated carbocycles. The molecule has 0 heterocycles. The fourth-order valence-electron chi connectivity index (χ4n) is 7.74. The van der Waals surface area contributed by atoms with Crippen LogP contribution in [0.4, 0.5) is 4.39 Å². The zero-order chi connectivity index (χ0) is 21.9. The second kappa shape index (κ2) is 7.47. The molecule has 2 N–H and O–H groups in total. The lowest BCUT2D eigenvalue weighted by Gasteiger charge is -2.61. The number of ether oxygens (including phenoxy) is 2. The number of rotatable bonds is 5. The van der Waals surface area contributed by atoms with Crippen molar-refractivity contribution in [3.63, 3.8) is 0 Å². The van der Waals surface area contributed by atoms with Crippen molar-refractivity contribution in [2.45, 2.75) is 70.2 Å². The summed E-state index contributed by atoms with van der Waals surface area (Å²) >= 11 is 0. The van der Waals surface area contributed by atoms with Crippen LogP contribution in [0, 0.1) is 28.6 Å². The van der Waals surface area contributed by atoms with Gasteiger partial charge in [-0.3, -0.25) is 9.59 Å². The molecule has 0 radical (unpaired) electrons. The van der Waals surface area contributed by atoms with Gasteiger partial charge in [-0.2, -0.15) is 0 Å². The first kappa shape index (κ1) is 22.1. The van der Waals surface area contributed by atoms with Crippen LogP contribution in [-0.4, -0.2) is 60.2 Å². The van der Waals surface area contributed by atoms with Crippen LogP contribution in [0.1, 0.15) is 52.4 Å². The largest absolute Gasteiger partial charge is 0.393 e. The lowest BCUT2D eigenvalue weighted by molar-refractivity contribution is -0.218. The standard InChI is InChI=1S/C23H33FO6/c1-21-6-4-13(26)8-16(21)17(24)9-14-15-5-7-23(19(28)11-25,30-12-29-3)22(15,2)10-18(27)20(14)21/h8,14-15,17-18,20,25,27H,4-7,9-12H2,1-3H3/t14-,15-,17?,18?,20+,21-,22-,23-/m0/s1. The number of aliphatic hydroxyl groups is 2. The molecule has 3 fully saturated rings. The molecular weight excluding hydrogens is 391 g/mol. The first-order valence-electron chi connectivity index (χ1n) is 11.0. The maximum atomic E-state index is 15.4. The Hall–Kier alpha value is -1.15. The van der Waals surface area contributed by atoms with E-state index in [-0.39, 0.29) is 36.8 Å². The van der Waals surface area contributed by atoms with E-state index in [4.69, 9.17) is 9.47 Å². The molecule has 8 atom stereocenters. The van der Waals surface area contributed by atoms with Gasteiger partial charge in [-0.15, -0.1) is 0 Å². The van der Waals surface area contributed by atoms with Crippen molar-refractivity contribution >= 4 is 11.6 Å². The zero-order valence-corrected chi connectivity index (χ0v) is 18.0. The lowest BCUT2D eigenvalue weighted by Crippen LogP contribution is -2.63. The van der Waals surface area contributed by atoms with E-state index in [1.807, 2.05) is 13.8 Å². The van der Waals surface area contributed by atoms with Crippen LogP contribution in [0.5, 0.6) is 0 Å². The number of Topliss-reactive ketones (excluding diaryl/α,β-unsaturated/α-hetero) is 1. The summed E-state index contributed by atoms with van der Waals surface area (Å²) in [6.07, 6.45) is 2.07. The van der Waals surface area contributed by atoms with Gasteiger partial charge in [0, 0.05) is 18.9 Å². The van der Waals surface area contributed by atoms with Crippen molar-refractivity contribution in [3.8, 4) is 0 Å². The average Bonchev–Trinajstić information content (AvgIpc) is 2.99. The zero-order valence-electron chi connectivity index (χ0n) is 18.0. The molecule has 0 aromatic carbocycles. The Morgan fingerprint density at radius 3 is 2.73 bits per heavy atom. The maximum absolute atomic E-state index is 15.4. The number of alkyl halides is 1. The van der Waals surface area contributed by atoms with Crippen molar-refractivity contribution < 1.29 is 33.7 Å². The Bertz CT molecular complexity index is 767. The summed E-state index contributed by atoms with van der Waals surface area (Å²) in [6, 6.07) is 0. The van der Waals surface area contributed by atoms with E-state index < -0.39 is 41.1 Å². The van der Waals surface area contributed by atoms with E-state index in [9.17, 15) is 19.8 Å². The normalized spacial score (nSPS) is 47.9. The van der Waals surface area contributed by atoms with E-state index in [1.165, 1.54) is 13.2 Å². The van der Waals surface area contributed by atoms with Crippen LogP contribution in [0.2, 0.25) is 0 Å². The molecule has 4 rings (SSSR count). The highest BCUT2D eigenvalue weighted by Gasteiger charge is 2.70. The van der Waals surface area contributed by atoms with Crippen LogP contribution in [0.15, 0.2) is 11.6 Å². The monoisotopic (exact) mass is 424 g/mol. The van der Waals surface area contributed by atoms with Gasteiger partial charge in [0.15, 0.2) is 11.6 Å². The predicted molar refractivity (Wildman–Crippen MR) is 106 cm³/mol. The number of halogens is 1. The molecule has 168 valence electrons. The summed E-state index contributed by atoms with van der Waals surface area (Å²) in [5.74, 6) is -0.751. The summed E-state index contributed by atoms with van der Waals surface area (Å²) < 4.78 is 26.4. The van der Waals surface area contributed by atoms with Gasteiger partial charge in [0.25, 0.3) is 0 Å². The molecule has 0 saturated heterocycles. The SMILES string of the molecule is COCO[C@]1(C(=O)CO)CC[C@H]2[C@@H]3CC(F)C4=CC(=O)CC[C@]4(C)[C@H]3C(O)C[C@@]21C. The number of carbonyl (C=O) groups excluding carboxylic acids is 2. The molecule has 6 nitrogen and oxygen atoms in total. The van der Waals surface area contributed by atoms with Gasteiger partial charge in [-0.25, -0.2) is 4.39 Å². The van der Waals surface area contributed by atoms with Crippen molar-refractivity contribution in [3.05, 3.63) is 11.6 Å². The van der Waals surface area contributed by atoms with E-state index in [0.717, 1.165) is 0 Å². The summed E-state index contributed by atoms with van der Waals surface area (Å²) in [5, 5.41) is 21.1. The van der Waals surface area contributed by atoms with Gasteiger partial charge in [0.2, 0.25) is 0 Å². The van der Waals surface area contributed by atoms with E-state index in [0.29, 0.717) is 37.7 Å². The third-order valence-electron chi connectivity index (χ3n) is 9.01. The summed E-state index contributed by atoms with van der Waals surface area (Å²) in [4.78, 5) is 24.9. The average molecular weight is 425 g/mol. The van der Waals surface area contributed by atoms with Gasteiger partial charge >= 0.3 is 0 Å². The highest BCUT2D eigenvalue weighted by atomic mass is 19.1. The number of hydrogen-bond donors (Lipinski definition) is 2. The molecule has 0 aliphatic heterocycles. The number of aliphatic hydroxyl groups excluding tert-OH is 2. The van der Waals surface area contributed by atoms with Crippen LogP contribution < -0.4 is 0 Å². The van der Waals surface area contributed by atoms with E-state index >= 15 is 4.39 Å². The Morgan fingerprint density at radius 1 is 1.33 bits per heavy atom. The van der Waals surface area contributed by atoms with E-state index in [1.54, 1.807) is 0 Å². The first-order valence-corrected chi connectivity index (χ1v) is 11.0. The Labute approximate surface area is 176 Å². The molecule has 0 bridgehead atoms. The van der Waals surface area contributed by atoms with Crippen LogP contribution in [0.25, 0.3) is 0 Å². The second-order valence-corrected chi connectivity index (χ2v) is 10.2. The smallest absolute Gasteiger partial charge is 0.190 e. The van der Waals surface area contributed by atoms with Gasteiger partial charge < -0.3 is 19.7 Å². The van der Waals surface area contributed by atoms with Gasteiger partial charge in [0.1, 0.15) is 25.2 Å². The molecule has 0 spiro atoms. The molecule has 4 aliphatic carbocycles. The number of hydrogen-bond acceptors (Lipinski definition) is 6. The quantitative estimate of drug-likeness (QED) is 0.658. The van der Waals surface area contributed by atoms with Gasteiger partial charge in [-0.1, -0.05) is 13.8 Å². The molecule has 0 amide bonds. The summed E-state index contributed by atoms with van der Waals surface area (Å²) in [7, 11) is 1.48. The van der Waals surface area contributed by atoms with E-state index in [2.05, 4.69) is 0 Å². The predicted octanol–water partition coefficient (Wildman–Crippen LogP) is 2.36.